The lowest BCUT2D eigenvalue weighted by Gasteiger charge is -2.18. The van der Waals surface area contributed by atoms with Crippen LogP contribution in [0.15, 0.2) is 134 Å². The summed E-state index contributed by atoms with van der Waals surface area (Å²) in [5.41, 5.74) is 0. The summed E-state index contributed by atoms with van der Waals surface area (Å²) in [4.78, 5) is 38.3. The van der Waals surface area contributed by atoms with E-state index in [1.807, 2.05) is 6.08 Å². The first-order valence-electron chi connectivity index (χ1n) is 32.7. The molecule has 6 nitrogen and oxygen atoms in total. The van der Waals surface area contributed by atoms with E-state index in [4.69, 9.17) is 14.2 Å². The zero-order valence-corrected chi connectivity index (χ0v) is 51.3. The molecule has 448 valence electrons. The quantitative estimate of drug-likeness (QED) is 0.0261. The summed E-state index contributed by atoms with van der Waals surface area (Å²) in [7, 11) is 0. The van der Waals surface area contributed by atoms with Crippen molar-refractivity contribution < 1.29 is 28.6 Å². The van der Waals surface area contributed by atoms with E-state index in [1.165, 1.54) is 148 Å². The molecule has 0 bridgehead atoms. The standard InChI is InChI=1S/C73H120O6/c1-4-7-10-13-16-19-22-25-28-30-32-33-34-35-36-37-38-39-41-42-45-48-51-54-57-60-63-66-72(75)78-69-70(68-77-71(74)65-62-59-56-53-50-47-44-27-24-21-18-15-12-9-6-3)79-73(76)67-64-61-58-55-52-49-46-43-40-31-29-26-23-20-17-14-11-8-5-2/h7,9-10,12,16,18-19,21,25-29,32-33,35-36,44,50,53,59,62,70H,4-6,8,11,13-15,17,20,22-24,30-31,34,37-43,45-49,51-52,54-58,60-61,63-69H2,1-3H3/b10-7-,12-9-,19-16-,21-18-,28-25-,29-26-,33-32-,36-35-,44-27-,53-50-,62-59-. The van der Waals surface area contributed by atoms with Crippen molar-refractivity contribution in [2.45, 2.75) is 297 Å². The lowest BCUT2D eigenvalue weighted by atomic mass is 10.0. The van der Waals surface area contributed by atoms with Crippen molar-refractivity contribution in [2.24, 2.45) is 0 Å². The minimum Gasteiger partial charge on any atom is -0.462 e. The second kappa shape index (κ2) is 66.1. The summed E-state index contributed by atoms with van der Waals surface area (Å²) in [5.74, 6) is -1.05. The first-order valence-corrected chi connectivity index (χ1v) is 32.7. The minimum atomic E-state index is -0.826. The summed E-state index contributed by atoms with van der Waals surface area (Å²) >= 11 is 0. The minimum absolute atomic E-state index is 0.113. The van der Waals surface area contributed by atoms with Crippen LogP contribution in [0.5, 0.6) is 0 Å². The van der Waals surface area contributed by atoms with Gasteiger partial charge in [-0.05, 0) is 116 Å². The van der Waals surface area contributed by atoms with Gasteiger partial charge in [0.15, 0.2) is 6.10 Å². The van der Waals surface area contributed by atoms with Gasteiger partial charge in [0.1, 0.15) is 13.2 Å². The molecule has 0 spiro atoms. The number of carbonyl (C=O) groups is 3. The molecular formula is C73H120O6. The Morgan fingerprint density at radius 3 is 0.899 bits per heavy atom. The Labute approximate surface area is 487 Å². The van der Waals surface area contributed by atoms with Gasteiger partial charge in [-0.3, -0.25) is 14.4 Å². The number of allylic oxidation sites excluding steroid dienone is 21. The second-order valence-electron chi connectivity index (χ2n) is 21.3. The Hall–Kier alpha value is -4.45. The maximum Gasteiger partial charge on any atom is 0.309 e. The predicted octanol–water partition coefficient (Wildman–Crippen LogP) is 22.5. The maximum atomic E-state index is 12.9. The zero-order valence-electron chi connectivity index (χ0n) is 51.3. The van der Waals surface area contributed by atoms with E-state index in [2.05, 4.69) is 142 Å². The van der Waals surface area contributed by atoms with Gasteiger partial charge in [-0.25, -0.2) is 0 Å². The number of hydrogen-bond acceptors (Lipinski definition) is 6. The van der Waals surface area contributed by atoms with E-state index in [-0.39, 0.29) is 31.6 Å². The van der Waals surface area contributed by atoms with Crippen LogP contribution in [0.3, 0.4) is 0 Å². The number of rotatable bonds is 58. The van der Waals surface area contributed by atoms with Crippen LogP contribution in [-0.4, -0.2) is 37.2 Å². The van der Waals surface area contributed by atoms with E-state index in [0.29, 0.717) is 12.8 Å². The Morgan fingerprint density at radius 2 is 0.544 bits per heavy atom. The van der Waals surface area contributed by atoms with E-state index >= 15 is 0 Å². The van der Waals surface area contributed by atoms with Gasteiger partial charge in [0.05, 0.1) is 6.42 Å². The van der Waals surface area contributed by atoms with Gasteiger partial charge in [0.2, 0.25) is 0 Å². The van der Waals surface area contributed by atoms with E-state index in [9.17, 15) is 14.4 Å². The highest BCUT2D eigenvalue weighted by Crippen LogP contribution is 2.16. The molecule has 1 unspecified atom stereocenters. The highest BCUT2D eigenvalue weighted by Gasteiger charge is 2.19. The Morgan fingerprint density at radius 1 is 0.278 bits per heavy atom. The lowest BCUT2D eigenvalue weighted by Crippen LogP contribution is -2.30. The molecule has 0 aliphatic rings. The topological polar surface area (TPSA) is 78.9 Å². The van der Waals surface area contributed by atoms with Crippen molar-refractivity contribution in [3.8, 4) is 0 Å². The molecule has 0 heterocycles. The summed E-state index contributed by atoms with van der Waals surface area (Å²) in [6.45, 7) is 6.33. The highest BCUT2D eigenvalue weighted by molar-refractivity contribution is 5.72. The van der Waals surface area contributed by atoms with Gasteiger partial charge < -0.3 is 14.2 Å². The summed E-state index contributed by atoms with van der Waals surface area (Å²) in [6.07, 6.45) is 93.4. The largest absolute Gasteiger partial charge is 0.462 e. The number of carbonyl (C=O) groups excluding carboxylic acids is 3. The van der Waals surface area contributed by atoms with Crippen LogP contribution in [0, 0.1) is 0 Å². The van der Waals surface area contributed by atoms with Crippen LogP contribution < -0.4 is 0 Å². The monoisotopic (exact) mass is 1090 g/mol. The van der Waals surface area contributed by atoms with Crippen LogP contribution >= 0.6 is 0 Å². The van der Waals surface area contributed by atoms with Crippen molar-refractivity contribution >= 4 is 17.9 Å². The van der Waals surface area contributed by atoms with Crippen LogP contribution in [0.2, 0.25) is 0 Å². The summed E-state index contributed by atoms with van der Waals surface area (Å²) in [5, 5.41) is 0. The van der Waals surface area contributed by atoms with Crippen molar-refractivity contribution in [3.05, 3.63) is 134 Å². The van der Waals surface area contributed by atoms with Gasteiger partial charge in [-0.2, -0.15) is 0 Å². The van der Waals surface area contributed by atoms with Crippen molar-refractivity contribution in [3.63, 3.8) is 0 Å². The van der Waals surface area contributed by atoms with Crippen molar-refractivity contribution in [2.75, 3.05) is 13.2 Å². The highest BCUT2D eigenvalue weighted by atomic mass is 16.6. The van der Waals surface area contributed by atoms with Gasteiger partial charge in [0.25, 0.3) is 0 Å². The molecule has 0 saturated carbocycles. The van der Waals surface area contributed by atoms with Gasteiger partial charge >= 0.3 is 17.9 Å². The molecule has 6 heteroatoms. The molecule has 0 rings (SSSR count). The van der Waals surface area contributed by atoms with E-state index in [1.54, 1.807) is 6.08 Å². The molecule has 79 heavy (non-hydrogen) atoms. The van der Waals surface area contributed by atoms with Crippen molar-refractivity contribution in [1.82, 2.24) is 0 Å². The molecule has 0 amide bonds. The van der Waals surface area contributed by atoms with Gasteiger partial charge in [0, 0.05) is 12.8 Å². The SMILES string of the molecule is CC/C=C\C/C=C\C/C=C\C/C=C\C/C=C\CCCCCCCCCCCCCC(=O)OCC(COC(=O)C/C=C\C/C=C\C/C=C\C/C=C\C/C=C\CC)OC(=O)CCCCCCCCCCC/C=C\CCCCCCCC. The molecule has 0 saturated heterocycles. The van der Waals surface area contributed by atoms with Gasteiger partial charge in [-0.15, -0.1) is 0 Å². The average Bonchev–Trinajstić information content (AvgIpc) is 3.45. The second-order valence-corrected chi connectivity index (χ2v) is 21.3. The summed E-state index contributed by atoms with van der Waals surface area (Å²) < 4.78 is 16.8. The third-order valence-corrected chi connectivity index (χ3v) is 13.7. The molecule has 0 fully saturated rings. The van der Waals surface area contributed by atoms with Crippen LogP contribution in [-0.2, 0) is 28.6 Å². The molecule has 0 radical (unpaired) electrons. The molecule has 0 N–H and O–H groups in total. The first-order chi connectivity index (χ1) is 39.0. The fraction of sp³-hybridized carbons (Fsp3) is 0.658. The third-order valence-electron chi connectivity index (χ3n) is 13.7. The Balaban J connectivity index is 4.40. The molecule has 0 aromatic carbocycles. The number of esters is 3. The van der Waals surface area contributed by atoms with Crippen LogP contribution in [0.4, 0.5) is 0 Å². The van der Waals surface area contributed by atoms with Gasteiger partial charge in [-0.1, -0.05) is 289 Å². The maximum absolute atomic E-state index is 12.9. The van der Waals surface area contributed by atoms with Crippen molar-refractivity contribution in [1.29, 1.82) is 0 Å². The molecule has 0 aliphatic carbocycles. The third kappa shape index (κ3) is 64.3. The normalized spacial score (nSPS) is 13.0. The predicted molar refractivity (Wildman–Crippen MR) is 343 cm³/mol. The summed E-state index contributed by atoms with van der Waals surface area (Å²) in [6, 6.07) is 0. The fourth-order valence-electron chi connectivity index (χ4n) is 8.83. The zero-order chi connectivity index (χ0) is 57.1. The number of unbranched alkanes of at least 4 members (excludes halogenated alkanes) is 26. The van der Waals surface area contributed by atoms with Crippen LogP contribution in [0.25, 0.3) is 0 Å². The molecule has 0 aromatic rings. The lowest BCUT2D eigenvalue weighted by molar-refractivity contribution is -0.166. The molecular weight excluding hydrogens is 973 g/mol. The Kier molecular flexibility index (Phi) is 62.3. The van der Waals surface area contributed by atoms with E-state index in [0.717, 1.165) is 103 Å². The molecule has 0 aliphatic heterocycles. The van der Waals surface area contributed by atoms with E-state index < -0.39 is 12.1 Å². The smallest absolute Gasteiger partial charge is 0.309 e. The number of hydrogen-bond donors (Lipinski definition) is 0. The average molecular weight is 1090 g/mol. The number of ether oxygens (including phenoxy) is 3. The first kappa shape index (κ1) is 74.5. The Bertz CT molecular complexity index is 1680. The molecule has 1 atom stereocenters. The van der Waals surface area contributed by atoms with Crippen LogP contribution in [0.1, 0.15) is 290 Å². The molecule has 0 aromatic heterocycles. The fourth-order valence-corrected chi connectivity index (χ4v) is 8.83.